The van der Waals surface area contributed by atoms with Crippen molar-refractivity contribution in [2.75, 3.05) is 6.61 Å². The topological polar surface area (TPSA) is 160 Å². The summed E-state index contributed by atoms with van der Waals surface area (Å²) < 4.78 is 17.9. The minimum Gasteiger partial charge on any atom is -0.459 e. The number of esters is 2. The summed E-state index contributed by atoms with van der Waals surface area (Å²) in [5.74, 6) is -6.89. The third kappa shape index (κ3) is 4.26. The molecule has 4 fully saturated rings. The molecule has 2 heterocycles. The van der Waals surface area contributed by atoms with Crippen LogP contribution < -0.4 is 0 Å². The zero-order valence-corrected chi connectivity index (χ0v) is 25.1. The van der Waals surface area contributed by atoms with Gasteiger partial charge in [0.05, 0.1) is 18.6 Å². The highest BCUT2D eigenvalue weighted by molar-refractivity contribution is 5.96. The Morgan fingerprint density at radius 2 is 1.78 bits per heavy atom. The monoisotopic (exact) mass is 578 g/mol. The van der Waals surface area contributed by atoms with E-state index in [4.69, 9.17) is 14.2 Å². The van der Waals surface area contributed by atoms with E-state index in [9.17, 15) is 34.8 Å². The van der Waals surface area contributed by atoms with Gasteiger partial charge in [-0.05, 0) is 55.9 Å². The normalized spacial score (nSPS) is 45.2. The Balaban J connectivity index is 1.55. The van der Waals surface area contributed by atoms with Crippen molar-refractivity contribution in [3.05, 3.63) is 11.6 Å². The maximum Gasteiger partial charge on any atom is 0.348 e. The number of hydrogen-bond acceptors (Lipinski definition) is 10. The molecule has 4 N–H and O–H groups in total. The SMILES string of the molecule is CC1=CC(=O)[C@@H](O)[C@]2(C)[C@H]3[C@]4(O)OC[C@]35[C@H]([C@@H](C)[C@H]4O)[C@@H](OC(=O)CC(O)(CC(C)C)CC(C)C)C(=O)O[C@@H]5C[C@@H]12. The molecule has 10 heteroatoms. The molecular formula is C31H46O10. The largest absolute Gasteiger partial charge is 0.459 e. The molecule has 2 aliphatic heterocycles. The molecule has 10 nitrogen and oxygen atoms in total. The molecule has 0 unspecified atom stereocenters. The zero-order chi connectivity index (χ0) is 30.4. The highest BCUT2D eigenvalue weighted by Gasteiger charge is 2.83. The zero-order valence-electron chi connectivity index (χ0n) is 25.1. The number of carbonyl (C=O) groups is 3. The summed E-state index contributed by atoms with van der Waals surface area (Å²) in [6, 6.07) is 0. The van der Waals surface area contributed by atoms with Crippen molar-refractivity contribution >= 4 is 17.7 Å². The van der Waals surface area contributed by atoms with E-state index in [-0.39, 0.29) is 31.3 Å². The molecule has 41 heavy (non-hydrogen) atoms. The standard InChI is InChI=1S/C31H46O10/c1-14(2)10-29(37,11-15(3)4)12-21(33)41-23-22-17(6)24(34)31(38)27-28(7)18(16(5)8-19(32)25(28)35)9-20(40-26(23)36)30(22,27)13-39-31/h8,14-15,17-18,20,22-25,27,34-35,37-38H,9-13H2,1-7H3/t17-,18+,20-,22-,23-,24-,25-,27-,28-,30+,31-/m1/s1. The Labute approximate surface area is 241 Å². The van der Waals surface area contributed by atoms with E-state index in [1.54, 1.807) is 20.8 Å². The Morgan fingerprint density at radius 1 is 1.17 bits per heavy atom. The van der Waals surface area contributed by atoms with E-state index >= 15 is 0 Å². The fourth-order valence-electron chi connectivity index (χ4n) is 9.93. The number of carbonyl (C=O) groups excluding carboxylic acids is 3. The van der Waals surface area contributed by atoms with Crippen LogP contribution in [0.1, 0.15) is 74.1 Å². The molecule has 0 amide bonds. The fraction of sp³-hybridized carbons (Fsp3) is 0.839. The van der Waals surface area contributed by atoms with E-state index in [1.807, 2.05) is 27.7 Å². The molecule has 1 spiro atoms. The van der Waals surface area contributed by atoms with Crippen LogP contribution in [0.5, 0.6) is 0 Å². The van der Waals surface area contributed by atoms with Gasteiger partial charge in [0.2, 0.25) is 6.10 Å². The van der Waals surface area contributed by atoms with Gasteiger partial charge in [-0.25, -0.2) is 4.79 Å². The van der Waals surface area contributed by atoms with E-state index in [2.05, 4.69) is 0 Å². The van der Waals surface area contributed by atoms with E-state index in [0.717, 1.165) is 0 Å². The maximum atomic E-state index is 13.6. The van der Waals surface area contributed by atoms with Crippen molar-refractivity contribution in [2.24, 2.45) is 46.3 Å². The smallest absolute Gasteiger partial charge is 0.348 e. The number of aliphatic hydroxyl groups excluding tert-OH is 2. The first-order valence-corrected chi connectivity index (χ1v) is 15.0. The van der Waals surface area contributed by atoms with Gasteiger partial charge < -0.3 is 34.6 Å². The molecule has 0 radical (unpaired) electrons. The number of ketones is 1. The minimum absolute atomic E-state index is 0.108. The molecule has 5 rings (SSSR count). The number of hydrogen-bond donors (Lipinski definition) is 4. The minimum atomic E-state index is -2.12. The summed E-state index contributed by atoms with van der Waals surface area (Å²) in [6.45, 7) is 12.9. The second kappa shape index (κ2) is 9.84. The Morgan fingerprint density at radius 3 is 2.37 bits per heavy atom. The first kappa shape index (κ1) is 30.6. The molecule has 230 valence electrons. The van der Waals surface area contributed by atoms with Crippen LogP contribution >= 0.6 is 0 Å². The summed E-state index contributed by atoms with van der Waals surface area (Å²) in [5.41, 5.74) is -3.01. The first-order valence-electron chi connectivity index (χ1n) is 15.0. The predicted molar refractivity (Wildman–Crippen MR) is 145 cm³/mol. The molecule has 11 atom stereocenters. The summed E-state index contributed by atoms with van der Waals surface area (Å²) >= 11 is 0. The van der Waals surface area contributed by atoms with Crippen molar-refractivity contribution < 1.29 is 49.0 Å². The van der Waals surface area contributed by atoms with Crippen LogP contribution in [0.3, 0.4) is 0 Å². The van der Waals surface area contributed by atoms with Crippen LogP contribution in [0.25, 0.3) is 0 Å². The van der Waals surface area contributed by atoms with Gasteiger partial charge in [-0.2, -0.15) is 0 Å². The van der Waals surface area contributed by atoms with Crippen LogP contribution in [0.2, 0.25) is 0 Å². The third-order valence-corrected chi connectivity index (χ3v) is 10.9. The van der Waals surface area contributed by atoms with Crippen LogP contribution in [0, 0.1) is 46.3 Å². The average Bonchev–Trinajstić information content (AvgIpc) is 3.12. The van der Waals surface area contributed by atoms with Gasteiger partial charge >= 0.3 is 11.9 Å². The lowest BCUT2D eigenvalue weighted by molar-refractivity contribution is -0.340. The van der Waals surface area contributed by atoms with Gasteiger partial charge in [0.1, 0.15) is 18.3 Å². The van der Waals surface area contributed by atoms with E-state index in [0.29, 0.717) is 18.4 Å². The van der Waals surface area contributed by atoms with Gasteiger partial charge in [0.25, 0.3) is 0 Å². The van der Waals surface area contributed by atoms with Crippen molar-refractivity contribution in [2.45, 2.75) is 110 Å². The highest BCUT2D eigenvalue weighted by atomic mass is 16.7. The lowest BCUT2D eigenvalue weighted by atomic mass is 9.38. The second-order valence-electron chi connectivity index (χ2n) is 14.7. The third-order valence-electron chi connectivity index (χ3n) is 10.9. The number of aliphatic hydroxyl groups is 4. The molecule has 2 saturated heterocycles. The van der Waals surface area contributed by atoms with Crippen LogP contribution in [-0.4, -0.2) is 80.6 Å². The molecule has 0 aromatic carbocycles. The predicted octanol–water partition coefficient (Wildman–Crippen LogP) is 1.90. The number of fused-ring (bicyclic) bond motifs is 1. The van der Waals surface area contributed by atoms with Gasteiger partial charge in [0, 0.05) is 22.7 Å². The van der Waals surface area contributed by atoms with Crippen molar-refractivity contribution in [3.63, 3.8) is 0 Å². The molecule has 0 aromatic rings. The molecule has 2 saturated carbocycles. The van der Waals surface area contributed by atoms with Crippen molar-refractivity contribution in [1.82, 2.24) is 0 Å². The van der Waals surface area contributed by atoms with Crippen LogP contribution in [-0.2, 0) is 28.6 Å². The number of ether oxygens (including phenoxy) is 3. The summed E-state index contributed by atoms with van der Waals surface area (Å²) in [5, 5.41) is 46.2. The van der Waals surface area contributed by atoms with Crippen molar-refractivity contribution in [3.8, 4) is 0 Å². The molecule has 5 aliphatic rings. The van der Waals surface area contributed by atoms with E-state index in [1.165, 1.54) is 6.08 Å². The Kier molecular flexibility index (Phi) is 7.34. The van der Waals surface area contributed by atoms with Crippen molar-refractivity contribution in [1.29, 1.82) is 0 Å². The highest BCUT2D eigenvalue weighted by Crippen LogP contribution is 2.73. The number of rotatable bonds is 7. The van der Waals surface area contributed by atoms with Crippen LogP contribution in [0.15, 0.2) is 11.6 Å². The molecule has 2 bridgehead atoms. The Hall–Kier alpha value is -1.85. The van der Waals surface area contributed by atoms with Gasteiger partial charge in [-0.15, -0.1) is 0 Å². The summed E-state index contributed by atoms with van der Waals surface area (Å²) in [4.78, 5) is 39.9. The molecule has 3 aliphatic carbocycles. The van der Waals surface area contributed by atoms with E-state index < -0.39 is 88.0 Å². The molecular weight excluding hydrogens is 532 g/mol. The summed E-state index contributed by atoms with van der Waals surface area (Å²) in [7, 11) is 0. The van der Waals surface area contributed by atoms with Gasteiger partial charge in [-0.3, -0.25) is 9.59 Å². The molecule has 0 aromatic heterocycles. The van der Waals surface area contributed by atoms with Crippen LogP contribution in [0.4, 0.5) is 0 Å². The average molecular weight is 579 g/mol. The van der Waals surface area contributed by atoms with Gasteiger partial charge in [0.15, 0.2) is 11.6 Å². The maximum absolute atomic E-state index is 13.6. The second-order valence-corrected chi connectivity index (χ2v) is 14.7. The van der Waals surface area contributed by atoms with Gasteiger partial charge in [-0.1, -0.05) is 47.1 Å². The lowest BCUT2D eigenvalue weighted by Gasteiger charge is -2.68. The quantitative estimate of drug-likeness (QED) is 0.329. The first-order chi connectivity index (χ1) is 18.9. The fourth-order valence-corrected chi connectivity index (χ4v) is 9.93. The number of allylic oxidation sites excluding steroid dienone is 1. The summed E-state index contributed by atoms with van der Waals surface area (Å²) in [6.07, 6.45) is -3.04. The Bertz CT molecular complexity index is 1140. The lowest BCUT2D eigenvalue weighted by Crippen LogP contribution is -2.78.